The summed E-state index contributed by atoms with van der Waals surface area (Å²) in [6.45, 7) is 3.94. The lowest BCUT2D eigenvalue weighted by Gasteiger charge is -2.40. The molecule has 106 valence electrons. The monoisotopic (exact) mass is 272 g/mol. The number of nitrogens with two attached hydrogens (primary N) is 1. The molecular weight excluding hydrogens is 252 g/mol. The van der Waals surface area contributed by atoms with Crippen molar-refractivity contribution in [3.05, 3.63) is 24.3 Å². The van der Waals surface area contributed by atoms with E-state index in [0.29, 0.717) is 5.95 Å². The van der Waals surface area contributed by atoms with E-state index in [4.69, 9.17) is 10.5 Å². The Bertz CT molecular complexity index is 630. The molecule has 1 aliphatic heterocycles. The van der Waals surface area contributed by atoms with E-state index in [0.717, 1.165) is 42.7 Å². The summed E-state index contributed by atoms with van der Waals surface area (Å²) in [5.41, 5.74) is 6.61. The van der Waals surface area contributed by atoms with Gasteiger partial charge in [0.25, 0.3) is 0 Å². The molecule has 2 aromatic rings. The number of fused-ring (bicyclic) bond motifs is 1. The highest BCUT2D eigenvalue weighted by atomic mass is 16.5. The third-order valence-electron chi connectivity index (χ3n) is 4.05. The summed E-state index contributed by atoms with van der Waals surface area (Å²) < 4.78 is 5.66. The molecule has 1 fully saturated rings. The molecule has 0 spiro atoms. The van der Waals surface area contributed by atoms with Crippen LogP contribution in [-0.4, -0.2) is 35.8 Å². The Labute approximate surface area is 118 Å². The van der Waals surface area contributed by atoms with Gasteiger partial charge in [0.2, 0.25) is 5.95 Å². The predicted molar refractivity (Wildman–Crippen MR) is 80.8 cm³/mol. The fourth-order valence-electron chi connectivity index (χ4n) is 2.87. The van der Waals surface area contributed by atoms with Gasteiger partial charge in [0.1, 0.15) is 5.82 Å². The van der Waals surface area contributed by atoms with Crippen LogP contribution in [0, 0.1) is 0 Å². The van der Waals surface area contributed by atoms with Crippen molar-refractivity contribution in [3.8, 4) is 0 Å². The minimum Gasteiger partial charge on any atom is -0.377 e. The second-order valence-electron chi connectivity index (χ2n) is 5.60. The van der Waals surface area contributed by atoms with Gasteiger partial charge in [-0.15, -0.1) is 0 Å². The summed E-state index contributed by atoms with van der Waals surface area (Å²) in [5, 5.41) is 1.04. The molecule has 1 aromatic heterocycles. The number of methoxy groups -OCH3 is 1. The number of hydrogen-bond acceptors (Lipinski definition) is 5. The maximum atomic E-state index is 5.85. The molecule has 0 radical (unpaired) electrons. The molecule has 20 heavy (non-hydrogen) atoms. The molecule has 1 saturated heterocycles. The maximum absolute atomic E-state index is 5.85. The van der Waals surface area contributed by atoms with Gasteiger partial charge in [0.05, 0.1) is 11.1 Å². The van der Waals surface area contributed by atoms with Crippen LogP contribution >= 0.6 is 0 Å². The van der Waals surface area contributed by atoms with E-state index >= 15 is 0 Å². The van der Waals surface area contributed by atoms with E-state index < -0.39 is 0 Å². The van der Waals surface area contributed by atoms with E-state index in [2.05, 4.69) is 21.8 Å². The standard InChI is InChI=1S/C15H20N4O/c1-15(20-2)8-5-9-19(10-15)13-11-6-3-4-7-12(11)17-14(16)18-13/h3-4,6-7H,5,8-10H2,1-2H3,(H2,16,17,18). The van der Waals surface area contributed by atoms with Crippen LogP contribution in [-0.2, 0) is 4.74 Å². The van der Waals surface area contributed by atoms with Crippen LogP contribution in [0.25, 0.3) is 10.9 Å². The molecule has 5 heteroatoms. The second kappa shape index (κ2) is 4.90. The van der Waals surface area contributed by atoms with Gasteiger partial charge in [-0.2, -0.15) is 4.98 Å². The number of benzene rings is 1. The van der Waals surface area contributed by atoms with Gasteiger partial charge in [-0.1, -0.05) is 12.1 Å². The predicted octanol–water partition coefficient (Wildman–Crippen LogP) is 2.22. The average molecular weight is 272 g/mol. The number of aromatic nitrogens is 2. The van der Waals surface area contributed by atoms with E-state index in [9.17, 15) is 0 Å². The maximum Gasteiger partial charge on any atom is 0.222 e. The van der Waals surface area contributed by atoms with Crippen molar-refractivity contribution in [2.24, 2.45) is 0 Å². The van der Waals surface area contributed by atoms with Crippen LogP contribution < -0.4 is 10.6 Å². The first-order valence-corrected chi connectivity index (χ1v) is 6.94. The SMILES string of the molecule is COC1(C)CCCN(c2nc(N)nc3ccccc23)C1. The molecule has 3 rings (SSSR count). The fraction of sp³-hybridized carbons (Fsp3) is 0.467. The molecule has 1 aromatic carbocycles. The van der Waals surface area contributed by atoms with Crippen LogP contribution in [0.4, 0.5) is 11.8 Å². The van der Waals surface area contributed by atoms with E-state index in [1.165, 1.54) is 0 Å². The summed E-state index contributed by atoms with van der Waals surface area (Å²) in [5.74, 6) is 1.24. The van der Waals surface area contributed by atoms with Gasteiger partial charge in [-0.25, -0.2) is 4.98 Å². The number of nitrogens with zero attached hydrogens (tertiary/aromatic N) is 3. The molecule has 1 unspecified atom stereocenters. The minimum atomic E-state index is -0.126. The molecule has 2 heterocycles. The van der Waals surface area contributed by atoms with E-state index in [-0.39, 0.29) is 5.60 Å². The lowest BCUT2D eigenvalue weighted by Crippen LogP contribution is -2.47. The Kier molecular flexibility index (Phi) is 3.22. The molecule has 0 aliphatic carbocycles. The van der Waals surface area contributed by atoms with Crippen LogP contribution in [0.15, 0.2) is 24.3 Å². The molecule has 5 nitrogen and oxygen atoms in total. The largest absolute Gasteiger partial charge is 0.377 e. The molecule has 0 amide bonds. The number of piperidine rings is 1. The third kappa shape index (κ3) is 2.29. The molecule has 1 atom stereocenters. The third-order valence-corrected chi connectivity index (χ3v) is 4.05. The van der Waals surface area contributed by atoms with Crippen molar-refractivity contribution in [2.45, 2.75) is 25.4 Å². The van der Waals surface area contributed by atoms with Gasteiger partial charge in [0.15, 0.2) is 0 Å². The van der Waals surface area contributed by atoms with Crippen molar-refractivity contribution >= 4 is 22.7 Å². The Morgan fingerprint density at radius 2 is 2.10 bits per heavy atom. The zero-order chi connectivity index (χ0) is 14.2. The fourth-order valence-corrected chi connectivity index (χ4v) is 2.87. The lowest BCUT2D eigenvalue weighted by molar-refractivity contribution is -0.00475. The van der Waals surface area contributed by atoms with Gasteiger partial charge in [-0.3, -0.25) is 0 Å². The highest BCUT2D eigenvalue weighted by Gasteiger charge is 2.32. The quantitative estimate of drug-likeness (QED) is 0.908. The number of ether oxygens (including phenoxy) is 1. The van der Waals surface area contributed by atoms with E-state index in [1.54, 1.807) is 7.11 Å². The zero-order valence-electron chi connectivity index (χ0n) is 12.0. The van der Waals surface area contributed by atoms with Gasteiger partial charge in [-0.05, 0) is 31.9 Å². The highest BCUT2D eigenvalue weighted by molar-refractivity contribution is 5.90. The smallest absolute Gasteiger partial charge is 0.222 e. The van der Waals surface area contributed by atoms with Crippen molar-refractivity contribution in [1.82, 2.24) is 9.97 Å². The van der Waals surface area contributed by atoms with Crippen molar-refractivity contribution in [3.63, 3.8) is 0 Å². The van der Waals surface area contributed by atoms with Gasteiger partial charge in [0, 0.05) is 25.6 Å². The Morgan fingerprint density at radius 1 is 1.30 bits per heavy atom. The zero-order valence-corrected chi connectivity index (χ0v) is 12.0. The molecule has 2 N–H and O–H groups in total. The van der Waals surface area contributed by atoms with Crippen LogP contribution in [0.1, 0.15) is 19.8 Å². The Balaban J connectivity index is 2.05. The average Bonchev–Trinajstić information content (AvgIpc) is 2.46. The molecule has 1 aliphatic rings. The first-order chi connectivity index (χ1) is 9.61. The van der Waals surface area contributed by atoms with Crippen LogP contribution in [0.3, 0.4) is 0 Å². The topological polar surface area (TPSA) is 64.3 Å². The number of nitrogen functional groups attached to an aromatic ring is 1. The van der Waals surface area contributed by atoms with Crippen molar-refractivity contribution in [2.75, 3.05) is 30.8 Å². The summed E-state index contributed by atoms with van der Waals surface area (Å²) >= 11 is 0. The lowest BCUT2D eigenvalue weighted by atomic mass is 9.94. The highest BCUT2D eigenvalue weighted by Crippen LogP contribution is 2.31. The molecular formula is C15H20N4O. The van der Waals surface area contributed by atoms with Gasteiger partial charge < -0.3 is 15.4 Å². The molecule has 0 bridgehead atoms. The Hall–Kier alpha value is -1.88. The van der Waals surface area contributed by atoms with Crippen LogP contribution in [0.5, 0.6) is 0 Å². The first-order valence-electron chi connectivity index (χ1n) is 6.94. The number of rotatable bonds is 2. The number of para-hydroxylation sites is 1. The summed E-state index contributed by atoms with van der Waals surface area (Å²) in [4.78, 5) is 11.0. The molecule has 0 saturated carbocycles. The minimum absolute atomic E-state index is 0.126. The number of anilines is 2. The summed E-state index contributed by atoms with van der Waals surface area (Å²) in [6.07, 6.45) is 2.15. The summed E-state index contributed by atoms with van der Waals surface area (Å²) in [6, 6.07) is 7.98. The van der Waals surface area contributed by atoms with Crippen LogP contribution in [0.2, 0.25) is 0 Å². The van der Waals surface area contributed by atoms with E-state index in [1.807, 2.05) is 24.3 Å². The number of hydrogen-bond donors (Lipinski definition) is 1. The summed E-state index contributed by atoms with van der Waals surface area (Å²) in [7, 11) is 1.77. The first kappa shape index (κ1) is 13.1. The second-order valence-corrected chi connectivity index (χ2v) is 5.60. The van der Waals surface area contributed by atoms with Crippen molar-refractivity contribution < 1.29 is 4.74 Å². The van der Waals surface area contributed by atoms with Crippen molar-refractivity contribution in [1.29, 1.82) is 0 Å². The Morgan fingerprint density at radius 3 is 2.90 bits per heavy atom. The normalized spacial score (nSPS) is 23.2. The van der Waals surface area contributed by atoms with Gasteiger partial charge >= 0.3 is 0 Å².